The minimum absolute atomic E-state index is 0.116. The van der Waals surface area contributed by atoms with E-state index in [1.807, 2.05) is 0 Å². The molecule has 4 aliphatic rings. The summed E-state index contributed by atoms with van der Waals surface area (Å²) in [5.41, 5.74) is 29.7. The van der Waals surface area contributed by atoms with Crippen molar-refractivity contribution < 1.29 is 0 Å². The topological polar surface area (TPSA) is 3.24 Å². The first-order valence-electron chi connectivity index (χ1n) is 22.9. The van der Waals surface area contributed by atoms with Crippen molar-refractivity contribution in [3.8, 4) is 55.6 Å². The van der Waals surface area contributed by atoms with E-state index >= 15 is 0 Å². The van der Waals surface area contributed by atoms with Gasteiger partial charge in [0.05, 0.1) is 5.41 Å². The van der Waals surface area contributed by atoms with Crippen LogP contribution in [0.1, 0.15) is 83.3 Å². The maximum absolute atomic E-state index is 2.53. The van der Waals surface area contributed by atoms with E-state index in [9.17, 15) is 0 Å². The van der Waals surface area contributed by atoms with Gasteiger partial charge in [-0.15, -0.1) is 0 Å². The SMILES string of the molecule is Cc1cc(N(c2ccc3c(c2)C(C)(C)c2ccccc2-3)c2ccc3c(c2)C(C)(C)c2ccccc2-3)c(C)cc1-c1ccc2c(c1)C1(c3ccccc3-c3ccccc31)c1ccccc1-2. The summed E-state index contributed by atoms with van der Waals surface area (Å²) in [7, 11) is 0. The summed E-state index contributed by atoms with van der Waals surface area (Å²) in [5, 5.41) is 0. The maximum Gasteiger partial charge on any atom is 0.0725 e. The Morgan fingerprint density at radius 3 is 1.14 bits per heavy atom. The molecule has 0 aliphatic heterocycles. The third-order valence-electron chi connectivity index (χ3n) is 15.7. The average Bonchev–Trinajstić information content (AvgIpc) is 3.95. The van der Waals surface area contributed by atoms with Gasteiger partial charge >= 0.3 is 0 Å². The first-order chi connectivity index (χ1) is 31.1. The molecule has 0 N–H and O–H groups in total. The molecule has 0 saturated carbocycles. The molecule has 13 rings (SSSR count). The van der Waals surface area contributed by atoms with E-state index in [-0.39, 0.29) is 16.2 Å². The van der Waals surface area contributed by atoms with Gasteiger partial charge in [-0.2, -0.15) is 0 Å². The summed E-state index contributed by atoms with van der Waals surface area (Å²) < 4.78 is 0. The Morgan fingerprint density at radius 1 is 0.297 bits per heavy atom. The van der Waals surface area contributed by atoms with Crippen molar-refractivity contribution in [2.24, 2.45) is 0 Å². The predicted octanol–water partition coefficient (Wildman–Crippen LogP) is 16.4. The van der Waals surface area contributed by atoms with E-state index in [1.54, 1.807) is 0 Å². The number of anilines is 3. The Balaban J connectivity index is 0.992. The Bertz CT molecular complexity index is 3310. The Morgan fingerprint density at radius 2 is 0.672 bits per heavy atom. The molecule has 0 bridgehead atoms. The molecule has 0 aromatic heterocycles. The second kappa shape index (κ2) is 12.9. The molecule has 0 atom stereocenters. The van der Waals surface area contributed by atoms with Crippen molar-refractivity contribution in [2.75, 3.05) is 4.90 Å². The average molecular weight is 820 g/mol. The highest BCUT2D eigenvalue weighted by molar-refractivity contribution is 5.97. The van der Waals surface area contributed by atoms with E-state index in [0.717, 1.165) is 0 Å². The third-order valence-corrected chi connectivity index (χ3v) is 15.7. The molecule has 9 aromatic carbocycles. The Kier molecular flexibility index (Phi) is 7.54. The van der Waals surface area contributed by atoms with Crippen LogP contribution in [0.25, 0.3) is 55.6 Å². The van der Waals surface area contributed by atoms with Gasteiger partial charge in [0.25, 0.3) is 0 Å². The molecular formula is C63H49N. The molecular weight excluding hydrogens is 771 g/mol. The van der Waals surface area contributed by atoms with Crippen LogP contribution in [0.2, 0.25) is 0 Å². The van der Waals surface area contributed by atoms with E-state index in [1.165, 1.54) is 128 Å². The summed E-state index contributed by atoms with van der Waals surface area (Å²) >= 11 is 0. The number of hydrogen-bond acceptors (Lipinski definition) is 1. The number of hydrogen-bond donors (Lipinski definition) is 0. The zero-order chi connectivity index (χ0) is 43.3. The predicted molar refractivity (Wildman–Crippen MR) is 267 cm³/mol. The second-order valence-electron chi connectivity index (χ2n) is 19.7. The molecule has 0 fully saturated rings. The zero-order valence-electron chi connectivity index (χ0n) is 37.3. The van der Waals surface area contributed by atoms with Gasteiger partial charge in [0.1, 0.15) is 0 Å². The van der Waals surface area contributed by atoms with Crippen LogP contribution in [-0.4, -0.2) is 0 Å². The van der Waals surface area contributed by atoms with Crippen molar-refractivity contribution >= 4 is 17.1 Å². The highest BCUT2D eigenvalue weighted by atomic mass is 15.1. The van der Waals surface area contributed by atoms with Gasteiger partial charge < -0.3 is 4.90 Å². The summed E-state index contributed by atoms with van der Waals surface area (Å²) in [6, 6.07) is 71.7. The lowest BCUT2D eigenvalue weighted by molar-refractivity contribution is 0.660. The normalized spacial score (nSPS) is 15.4. The lowest BCUT2D eigenvalue weighted by atomic mass is 9.70. The maximum atomic E-state index is 2.53. The van der Waals surface area contributed by atoms with Gasteiger partial charge in [0.15, 0.2) is 0 Å². The van der Waals surface area contributed by atoms with Crippen molar-refractivity contribution in [1.82, 2.24) is 0 Å². The van der Waals surface area contributed by atoms with Crippen LogP contribution in [0.5, 0.6) is 0 Å². The van der Waals surface area contributed by atoms with Crippen molar-refractivity contribution in [3.63, 3.8) is 0 Å². The van der Waals surface area contributed by atoms with Crippen molar-refractivity contribution in [1.29, 1.82) is 0 Å². The monoisotopic (exact) mass is 819 g/mol. The molecule has 0 heterocycles. The fourth-order valence-electron chi connectivity index (χ4n) is 12.7. The van der Waals surface area contributed by atoms with E-state index in [4.69, 9.17) is 0 Å². The van der Waals surface area contributed by atoms with Crippen LogP contribution < -0.4 is 4.90 Å². The summed E-state index contributed by atoms with van der Waals surface area (Å²) in [4.78, 5) is 2.53. The fraction of sp³-hybridized carbons (Fsp3) is 0.143. The molecule has 306 valence electrons. The molecule has 1 spiro atoms. The lowest BCUT2D eigenvalue weighted by Crippen LogP contribution is -2.25. The van der Waals surface area contributed by atoms with E-state index in [2.05, 4.69) is 234 Å². The molecule has 0 amide bonds. The molecule has 64 heavy (non-hydrogen) atoms. The summed E-state index contributed by atoms with van der Waals surface area (Å²) in [6.45, 7) is 14.1. The first-order valence-corrected chi connectivity index (χ1v) is 22.9. The number of rotatable bonds is 4. The second-order valence-corrected chi connectivity index (χ2v) is 19.7. The van der Waals surface area contributed by atoms with E-state index < -0.39 is 0 Å². The first kappa shape index (κ1) is 37.3. The molecule has 9 aromatic rings. The zero-order valence-corrected chi connectivity index (χ0v) is 37.3. The molecule has 4 aliphatic carbocycles. The minimum atomic E-state index is -0.378. The Labute approximate surface area is 377 Å². The van der Waals surface area contributed by atoms with Gasteiger partial charge in [-0.1, -0.05) is 173 Å². The van der Waals surface area contributed by atoms with Crippen molar-refractivity contribution in [2.45, 2.75) is 57.8 Å². The van der Waals surface area contributed by atoms with Gasteiger partial charge in [0.2, 0.25) is 0 Å². The standard InChI is InChI=1S/C63H49N/c1-38-34-60(39(2)33-51(38)40-27-30-50-47-21-11-16-26-56(47)63(59(50)35-40)54-24-14-9-19-45(54)46-20-10-15-25-55(46)63)64(41-28-31-48-43-17-7-12-22-52(43)61(3,4)57(48)36-41)42-29-32-49-44-18-8-13-23-53(44)62(5,6)58(49)37-42/h7-37H,1-6H3. The fourth-order valence-corrected chi connectivity index (χ4v) is 12.7. The van der Waals surface area contributed by atoms with E-state index in [0.29, 0.717) is 0 Å². The molecule has 1 heteroatoms. The Hall–Kier alpha value is -7.22. The number of benzene rings is 9. The minimum Gasteiger partial charge on any atom is -0.310 e. The number of nitrogens with zero attached hydrogens (tertiary/aromatic N) is 1. The molecule has 0 unspecified atom stereocenters. The summed E-state index contributed by atoms with van der Waals surface area (Å²) in [6.07, 6.45) is 0. The lowest BCUT2D eigenvalue weighted by Gasteiger charge is -2.32. The number of fused-ring (bicyclic) bond motifs is 16. The molecule has 0 radical (unpaired) electrons. The van der Waals surface area contributed by atoms with Crippen LogP contribution in [0, 0.1) is 13.8 Å². The van der Waals surface area contributed by atoms with Gasteiger partial charge in [-0.05, 0) is 168 Å². The molecule has 1 nitrogen and oxygen atoms in total. The van der Waals surface area contributed by atoms with Crippen LogP contribution in [-0.2, 0) is 16.2 Å². The van der Waals surface area contributed by atoms with Crippen LogP contribution in [0.15, 0.2) is 188 Å². The largest absolute Gasteiger partial charge is 0.310 e. The quantitative estimate of drug-likeness (QED) is 0.171. The highest BCUT2D eigenvalue weighted by Gasteiger charge is 2.51. The smallest absolute Gasteiger partial charge is 0.0725 e. The van der Waals surface area contributed by atoms with Gasteiger partial charge in [0, 0.05) is 27.9 Å². The number of aryl methyl sites for hydroxylation is 2. The highest BCUT2D eigenvalue weighted by Crippen LogP contribution is 2.63. The molecule has 0 saturated heterocycles. The third kappa shape index (κ3) is 4.74. The van der Waals surface area contributed by atoms with Crippen LogP contribution in [0.3, 0.4) is 0 Å². The van der Waals surface area contributed by atoms with Gasteiger partial charge in [-0.25, -0.2) is 0 Å². The van der Waals surface area contributed by atoms with Crippen LogP contribution >= 0.6 is 0 Å². The summed E-state index contributed by atoms with van der Waals surface area (Å²) in [5.74, 6) is 0. The van der Waals surface area contributed by atoms with Crippen molar-refractivity contribution in [3.05, 3.63) is 244 Å². The van der Waals surface area contributed by atoms with Gasteiger partial charge in [-0.3, -0.25) is 0 Å². The van der Waals surface area contributed by atoms with Crippen LogP contribution in [0.4, 0.5) is 17.1 Å².